The van der Waals surface area contributed by atoms with E-state index in [-0.39, 0.29) is 5.92 Å². The molecule has 0 heterocycles. The minimum atomic E-state index is 0.224. The molecule has 0 amide bonds. The van der Waals surface area contributed by atoms with Crippen LogP contribution in [0, 0.1) is 5.92 Å². The second-order valence-electron chi connectivity index (χ2n) is 4.52. The molecule has 0 saturated heterocycles. The Hall–Kier alpha value is -0.660. The molecule has 0 saturated carbocycles. The summed E-state index contributed by atoms with van der Waals surface area (Å²) in [6.45, 7) is 5.31. The molecule has 2 heteroatoms. The van der Waals surface area contributed by atoms with E-state index in [4.69, 9.17) is 0 Å². The van der Waals surface area contributed by atoms with E-state index in [0.29, 0.717) is 11.6 Å². The zero-order chi connectivity index (χ0) is 11.7. The van der Waals surface area contributed by atoms with Crippen molar-refractivity contribution in [3.05, 3.63) is 0 Å². The first kappa shape index (κ1) is 14.3. The quantitative estimate of drug-likeness (QED) is 0.548. The minimum absolute atomic E-state index is 0.224. The van der Waals surface area contributed by atoms with Gasteiger partial charge in [-0.3, -0.25) is 4.79 Å². The maximum absolute atomic E-state index is 10.9. The Labute approximate surface area is 93.4 Å². The Bertz CT molecular complexity index is 197. The molecule has 0 aliphatic heterocycles. The maximum Gasteiger partial charge on any atom is 0.132 e. The molecular weight excluding hydrogens is 188 g/mol. The summed E-state index contributed by atoms with van der Waals surface area (Å²) >= 11 is 0. The molecule has 2 nitrogen and oxygen atoms in total. The van der Waals surface area contributed by atoms with Gasteiger partial charge in [0.1, 0.15) is 11.6 Å². The first-order valence-electron chi connectivity index (χ1n) is 6.04. The minimum Gasteiger partial charge on any atom is -0.300 e. The highest BCUT2D eigenvalue weighted by atomic mass is 16.1. The molecule has 0 aromatic rings. The molecule has 0 aromatic heterocycles. The van der Waals surface area contributed by atoms with Crippen LogP contribution in [0.5, 0.6) is 0 Å². The van der Waals surface area contributed by atoms with Gasteiger partial charge in [-0.05, 0) is 26.7 Å². The average Bonchev–Trinajstić information content (AvgIpc) is 2.15. The zero-order valence-electron chi connectivity index (χ0n) is 10.3. The van der Waals surface area contributed by atoms with Gasteiger partial charge in [-0.1, -0.05) is 32.6 Å². The second kappa shape index (κ2) is 8.63. The molecule has 0 bridgehead atoms. The predicted octanol–water partition coefficient (Wildman–Crippen LogP) is 3.53. The van der Waals surface area contributed by atoms with E-state index < -0.39 is 0 Å². The SMILES string of the molecule is CC(=O)CCCCCCC[C@H](C)C(C)=O. The van der Waals surface area contributed by atoms with E-state index in [0.717, 1.165) is 32.1 Å². The van der Waals surface area contributed by atoms with Gasteiger partial charge in [0.2, 0.25) is 0 Å². The summed E-state index contributed by atoms with van der Waals surface area (Å²) in [5.74, 6) is 0.814. The number of carbonyl (C=O) groups is 2. The van der Waals surface area contributed by atoms with Crippen LogP contribution in [0.1, 0.15) is 65.7 Å². The molecule has 15 heavy (non-hydrogen) atoms. The van der Waals surface area contributed by atoms with Crippen LogP contribution in [0.3, 0.4) is 0 Å². The highest BCUT2D eigenvalue weighted by Crippen LogP contribution is 2.12. The topological polar surface area (TPSA) is 34.1 Å². The van der Waals surface area contributed by atoms with Crippen LogP contribution in [0.15, 0.2) is 0 Å². The van der Waals surface area contributed by atoms with Gasteiger partial charge in [0.25, 0.3) is 0 Å². The Morgan fingerprint density at radius 3 is 2.00 bits per heavy atom. The fraction of sp³-hybridized carbons (Fsp3) is 0.846. The van der Waals surface area contributed by atoms with Gasteiger partial charge in [-0.2, -0.15) is 0 Å². The third-order valence-electron chi connectivity index (χ3n) is 2.86. The lowest BCUT2D eigenvalue weighted by Gasteiger charge is -2.06. The van der Waals surface area contributed by atoms with Gasteiger partial charge in [-0.15, -0.1) is 0 Å². The van der Waals surface area contributed by atoms with Gasteiger partial charge in [0, 0.05) is 12.3 Å². The smallest absolute Gasteiger partial charge is 0.132 e. The third kappa shape index (κ3) is 9.64. The lowest BCUT2D eigenvalue weighted by molar-refractivity contribution is -0.120. The molecule has 1 atom stereocenters. The van der Waals surface area contributed by atoms with Gasteiger partial charge < -0.3 is 4.79 Å². The van der Waals surface area contributed by atoms with Crippen molar-refractivity contribution >= 4 is 11.6 Å². The molecule has 0 aliphatic rings. The standard InChI is InChI=1S/C13H24O2/c1-11(13(3)15)9-7-5-4-6-8-10-12(2)14/h11H,4-10H2,1-3H3/t11-/m0/s1. The van der Waals surface area contributed by atoms with Crippen molar-refractivity contribution < 1.29 is 9.59 Å². The maximum atomic E-state index is 10.9. The normalized spacial score (nSPS) is 12.5. The number of ketones is 2. The third-order valence-corrected chi connectivity index (χ3v) is 2.86. The van der Waals surface area contributed by atoms with Gasteiger partial charge in [0.15, 0.2) is 0 Å². The number of hydrogen-bond acceptors (Lipinski definition) is 2. The van der Waals surface area contributed by atoms with E-state index in [1.54, 1.807) is 13.8 Å². The Balaban J connectivity index is 3.18. The lowest BCUT2D eigenvalue weighted by Crippen LogP contribution is -2.05. The summed E-state index contributed by atoms with van der Waals surface area (Å²) in [7, 11) is 0. The summed E-state index contributed by atoms with van der Waals surface area (Å²) in [4.78, 5) is 21.6. The van der Waals surface area contributed by atoms with E-state index >= 15 is 0 Å². The van der Waals surface area contributed by atoms with Crippen LogP contribution in [0.25, 0.3) is 0 Å². The molecule has 0 unspecified atom stereocenters. The van der Waals surface area contributed by atoms with Crippen molar-refractivity contribution in [2.45, 2.75) is 65.7 Å². The van der Waals surface area contributed by atoms with Crippen molar-refractivity contribution in [2.75, 3.05) is 0 Å². The van der Waals surface area contributed by atoms with Gasteiger partial charge in [0.05, 0.1) is 0 Å². The fourth-order valence-electron chi connectivity index (χ4n) is 1.56. The molecule has 0 rings (SSSR count). The predicted molar refractivity (Wildman–Crippen MR) is 62.8 cm³/mol. The van der Waals surface area contributed by atoms with Crippen LogP contribution in [-0.2, 0) is 9.59 Å². The zero-order valence-corrected chi connectivity index (χ0v) is 10.3. The first-order chi connectivity index (χ1) is 7.04. The molecule has 0 radical (unpaired) electrons. The molecule has 88 valence electrons. The molecule has 0 aromatic carbocycles. The lowest BCUT2D eigenvalue weighted by atomic mass is 9.99. The van der Waals surface area contributed by atoms with Gasteiger partial charge >= 0.3 is 0 Å². The van der Waals surface area contributed by atoms with E-state index in [9.17, 15) is 9.59 Å². The Morgan fingerprint density at radius 2 is 1.47 bits per heavy atom. The summed E-state index contributed by atoms with van der Waals surface area (Å²) < 4.78 is 0. The number of carbonyl (C=O) groups excluding carboxylic acids is 2. The van der Waals surface area contributed by atoms with Crippen molar-refractivity contribution in [3.8, 4) is 0 Å². The molecule has 0 aliphatic carbocycles. The van der Waals surface area contributed by atoms with Crippen LogP contribution in [-0.4, -0.2) is 11.6 Å². The fourth-order valence-corrected chi connectivity index (χ4v) is 1.56. The number of rotatable bonds is 9. The van der Waals surface area contributed by atoms with Crippen molar-refractivity contribution in [2.24, 2.45) is 5.92 Å². The van der Waals surface area contributed by atoms with Crippen LogP contribution in [0.4, 0.5) is 0 Å². The highest BCUT2D eigenvalue weighted by Gasteiger charge is 2.05. The Morgan fingerprint density at radius 1 is 0.933 bits per heavy atom. The summed E-state index contributed by atoms with van der Waals surface area (Å²) in [5, 5.41) is 0. The van der Waals surface area contributed by atoms with E-state index in [1.807, 2.05) is 6.92 Å². The monoisotopic (exact) mass is 212 g/mol. The summed E-state index contributed by atoms with van der Waals surface area (Å²) in [6, 6.07) is 0. The molecule has 0 fully saturated rings. The van der Waals surface area contributed by atoms with Crippen molar-refractivity contribution in [1.29, 1.82) is 0 Å². The van der Waals surface area contributed by atoms with Crippen molar-refractivity contribution in [1.82, 2.24) is 0 Å². The number of unbranched alkanes of at least 4 members (excludes halogenated alkanes) is 4. The highest BCUT2D eigenvalue weighted by molar-refractivity contribution is 5.77. The molecule has 0 N–H and O–H groups in total. The first-order valence-corrected chi connectivity index (χ1v) is 6.04. The second-order valence-corrected chi connectivity index (χ2v) is 4.52. The van der Waals surface area contributed by atoms with E-state index in [1.165, 1.54) is 12.8 Å². The Kier molecular flexibility index (Phi) is 8.25. The number of hydrogen-bond donors (Lipinski definition) is 0. The number of Topliss-reactive ketones (excluding diaryl/α,β-unsaturated/α-hetero) is 2. The van der Waals surface area contributed by atoms with Crippen molar-refractivity contribution in [3.63, 3.8) is 0 Å². The van der Waals surface area contributed by atoms with Crippen LogP contribution in [0.2, 0.25) is 0 Å². The van der Waals surface area contributed by atoms with E-state index in [2.05, 4.69) is 0 Å². The molecular formula is C13H24O2. The van der Waals surface area contributed by atoms with Crippen LogP contribution >= 0.6 is 0 Å². The average molecular weight is 212 g/mol. The summed E-state index contributed by atoms with van der Waals surface area (Å²) in [6.07, 6.45) is 7.44. The summed E-state index contributed by atoms with van der Waals surface area (Å²) in [5.41, 5.74) is 0. The molecule has 0 spiro atoms. The van der Waals surface area contributed by atoms with Gasteiger partial charge in [-0.25, -0.2) is 0 Å². The largest absolute Gasteiger partial charge is 0.300 e. The van der Waals surface area contributed by atoms with Crippen LogP contribution < -0.4 is 0 Å².